The molecule has 0 radical (unpaired) electrons. The monoisotopic (exact) mass is 302 g/mol. The van der Waals surface area contributed by atoms with Crippen molar-refractivity contribution in [3.8, 4) is 11.5 Å². The van der Waals surface area contributed by atoms with Crippen LogP contribution in [-0.2, 0) is 13.0 Å². The fourth-order valence-electron chi connectivity index (χ4n) is 2.39. The molecule has 0 aliphatic heterocycles. The Morgan fingerprint density at radius 1 is 0.909 bits per heavy atom. The first-order valence-electron chi connectivity index (χ1n) is 7.15. The quantitative estimate of drug-likeness (QED) is 0.371. The summed E-state index contributed by atoms with van der Waals surface area (Å²) in [5, 5.41) is 23.0. The van der Waals surface area contributed by atoms with Crippen LogP contribution >= 0.6 is 0 Å². The van der Waals surface area contributed by atoms with E-state index >= 15 is 0 Å². The van der Waals surface area contributed by atoms with E-state index in [-0.39, 0.29) is 22.9 Å². The van der Waals surface area contributed by atoms with Crippen molar-refractivity contribution in [2.45, 2.75) is 26.3 Å². The average Bonchev–Trinajstić information content (AvgIpc) is 2.52. The summed E-state index contributed by atoms with van der Waals surface area (Å²) in [6.07, 6.45) is 1.52. The van der Waals surface area contributed by atoms with Gasteiger partial charge in [0.15, 0.2) is 11.5 Å². The van der Waals surface area contributed by atoms with E-state index in [2.05, 4.69) is 5.32 Å². The third kappa shape index (κ3) is 2.95. The zero-order valence-corrected chi connectivity index (χ0v) is 12.6. The van der Waals surface area contributed by atoms with Crippen LogP contribution in [0.3, 0.4) is 0 Å². The summed E-state index contributed by atoms with van der Waals surface area (Å²) in [7, 11) is 0. The molecule has 6 nitrogen and oxygen atoms in total. The zero-order valence-electron chi connectivity index (χ0n) is 12.6. The molecule has 9 N–H and O–H groups in total. The van der Waals surface area contributed by atoms with Gasteiger partial charge in [0.1, 0.15) is 0 Å². The molecule has 2 rings (SSSR count). The second kappa shape index (κ2) is 6.34. The third-order valence-electron chi connectivity index (χ3n) is 3.63. The van der Waals surface area contributed by atoms with Crippen LogP contribution < -0.4 is 22.5 Å². The largest absolute Gasteiger partial charge is 0.503 e. The van der Waals surface area contributed by atoms with Crippen molar-refractivity contribution < 1.29 is 10.2 Å². The topological polar surface area (TPSA) is 131 Å². The molecule has 6 heteroatoms. The standard InChI is InChI=1S/C16H22N4O2/c1-2-3-11-12(14(19)16(22)15(21)13(11)18)8-20-10-6-4-9(17)5-7-10/h4-7,20-22H,2-3,8,17-19H2,1H3. The van der Waals surface area contributed by atoms with Gasteiger partial charge >= 0.3 is 0 Å². The first-order chi connectivity index (χ1) is 10.5. The van der Waals surface area contributed by atoms with E-state index in [0.717, 1.165) is 17.7 Å². The zero-order chi connectivity index (χ0) is 16.3. The maximum absolute atomic E-state index is 9.89. The van der Waals surface area contributed by atoms with Crippen molar-refractivity contribution in [3.63, 3.8) is 0 Å². The van der Waals surface area contributed by atoms with Crippen LogP contribution in [0.5, 0.6) is 11.5 Å². The first kappa shape index (κ1) is 15.6. The fraction of sp³-hybridized carbons (Fsp3) is 0.250. The number of nitrogen functional groups attached to an aromatic ring is 3. The van der Waals surface area contributed by atoms with Gasteiger partial charge in [-0.2, -0.15) is 0 Å². The summed E-state index contributed by atoms with van der Waals surface area (Å²) in [6.45, 7) is 2.40. The molecular weight excluding hydrogens is 280 g/mol. The number of benzene rings is 2. The number of phenolic OH excluding ortho intramolecular Hbond substituents is 2. The molecule has 0 spiro atoms. The lowest BCUT2D eigenvalue weighted by atomic mass is 9.97. The number of nitrogens with two attached hydrogens (primary N) is 3. The Labute approximate surface area is 129 Å². The molecule has 0 unspecified atom stereocenters. The lowest BCUT2D eigenvalue weighted by Crippen LogP contribution is -2.10. The minimum Gasteiger partial charge on any atom is -0.503 e. The summed E-state index contributed by atoms with van der Waals surface area (Å²) in [5.41, 5.74) is 20.9. The molecule has 0 saturated carbocycles. The van der Waals surface area contributed by atoms with E-state index in [1.807, 2.05) is 19.1 Å². The number of anilines is 4. The minimum absolute atomic E-state index is 0.151. The Morgan fingerprint density at radius 3 is 2.00 bits per heavy atom. The molecule has 2 aromatic rings. The number of rotatable bonds is 5. The van der Waals surface area contributed by atoms with Crippen molar-refractivity contribution in [2.24, 2.45) is 0 Å². The Balaban J connectivity index is 2.34. The lowest BCUT2D eigenvalue weighted by molar-refractivity contribution is 0.406. The molecule has 0 aromatic heterocycles. The van der Waals surface area contributed by atoms with E-state index in [9.17, 15) is 10.2 Å². The molecule has 0 heterocycles. The van der Waals surface area contributed by atoms with Gasteiger partial charge in [0.25, 0.3) is 0 Å². The molecule has 22 heavy (non-hydrogen) atoms. The maximum atomic E-state index is 9.89. The number of nitrogens with one attached hydrogen (secondary N) is 1. The van der Waals surface area contributed by atoms with Gasteiger partial charge in [-0.3, -0.25) is 0 Å². The molecule has 0 amide bonds. The van der Waals surface area contributed by atoms with Gasteiger partial charge in [-0.1, -0.05) is 13.3 Å². The molecule has 0 saturated heterocycles. The second-order valence-electron chi connectivity index (χ2n) is 5.21. The van der Waals surface area contributed by atoms with Crippen LogP contribution in [0.25, 0.3) is 0 Å². The normalized spacial score (nSPS) is 10.6. The number of hydrogen-bond acceptors (Lipinski definition) is 6. The summed E-state index contributed by atoms with van der Waals surface area (Å²) in [4.78, 5) is 0. The Bertz CT molecular complexity index is 669. The van der Waals surface area contributed by atoms with Crippen LogP contribution in [0.1, 0.15) is 24.5 Å². The van der Waals surface area contributed by atoms with Crippen LogP contribution in [0, 0.1) is 0 Å². The highest BCUT2D eigenvalue weighted by Crippen LogP contribution is 2.43. The first-order valence-corrected chi connectivity index (χ1v) is 7.15. The van der Waals surface area contributed by atoms with Crippen molar-refractivity contribution in [1.29, 1.82) is 0 Å². The van der Waals surface area contributed by atoms with Crippen molar-refractivity contribution in [2.75, 3.05) is 22.5 Å². The highest BCUT2D eigenvalue weighted by Gasteiger charge is 2.19. The van der Waals surface area contributed by atoms with Gasteiger partial charge in [0, 0.05) is 23.5 Å². The Hall–Kier alpha value is -2.76. The van der Waals surface area contributed by atoms with E-state index in [1.54, 1.807) is 12.1 Å². The highest BCUT2D eigenvalue weighted by molar-refractivity contribution is 5.77. The van der Waals surface area contributed by atoms with Crippen LogP contribution in [0.15, 0.2) is 24.3 Å². The summed E-state index contributed by atoms with van der Waals surface area (Å²) < 4.78 is 0. The molecule has 0 bridgehead atoms. The highest BCUT2D eigenvalue weighted by atomic mass is 16.3. The maximum Gasteiger partial charge on any atom is 0.183 e. The van der Waals surface area contributed by atoms with Crippen molar-refractivity contribution >= 4 is 22.7 Å². The van der Waals surface area contributed by atoms with Crippen molar-refractivity contribution in [1.82, 2.24) is 0 Å². The van der Waals surface area contributed by atoms with E-state index < -0.39 is 0 Å². The van der Waals surface area contributed by atoms with Gasteiger partial charge in [0.05, 0.1) is 11.4 Å². The van der Waals surface area contributed by atoms with Gasteiger partial charge in [-0.05, 0) is 36.2 Å². The van der Waals surface area contributed by atoms with Crippen LogP contribution in [0.2, 0.25) is 0 Å². The molecule has 0 atom stereocenters. The summed E-state index contributed by atoms with van der Waals surface area (Å²) in [6, 6.07) is 7.30. The van der Waals surface area contributed by atoms with Crippen LogP contribution in [-0.4, -0.2) is 10.2 Å². The number of aromatic hydroxyl groups is 2. The SMILES string of the molecule is CCCc1c(N)c(O)c(O)c(N)c1CNc1ccc(N)cc1. The molecule has 118 valence electrons. The molecule has 0 aliphatic carbocycles. The fourth-order valence-corrected chi connectivity index (χ4v) is 2.39. The Morgan fingerprint density at radius 2 is 1.45 bits per heavy atom. The van der Waals surface area contributed by atoms with Gasteiger partial charge in [-0.15, -0.1) is 0 Å². The van der Waals surface area contributed by atoms with Gasteiger partial charge in [-0.25, -0.2) is 0 Å². The predicted molar refractivity (Wildman–Crippen MR) is 90.8 cm³/mol. The smallest absolute Gasteiger partial charge is 0.183 e. The van der Waals surface area contributed by atoms with Crippen LogP contribution in [0.4, 0.5) is 22.7 Å². The molecule has 0 fully saturated rings. The van der Waals surface area contributed by atoms with Gasteiger partial charge < -0.3 is 32.7 Å². The van der Waals surface area contributed by atoms with E-state index in [1.165, 1.54) is 0 Å². The Kier molecular flexibility index (Phi) is 4.50. The lowest BCUT2D eigenvalue weighted by Gasteiger charge is -2.18. The summed E-state index contributed by atoms with van der Waals surface area (Å²) in [5.74, 6) is -0.719. The second-order valence-corrected chi connectivity index (χ2v) is 5.21. The van der Waals surface area contributed by atoms with Crippen molar-refractivity contribution in [3.05, 3.63) is 35.4 Å². The number of hydrogen-bond donors (Lipinski definition) is 6. The predicted octanol–water partition coefficient (Wildman–Crippen LogP) is 2.41. The average molecular weight is 302 g/mol. The number of phenols is 2. The molecule has 0 aliphatic rings. The third-order valence-corrected chi connectivity index (χ3v) is 3.63. The van der Waals surface area contributed by atoms with E-state index in [4.69, 9.17) is 17.2 Å². The molecule has 2 aromatic carbocycles. The minimum atomic E-state index is -0.369. The van der Waals surface area contributed by atoms with E-state index in [0.29, 0.717) is 24.2 Å². The summed E-state index contributed by atoms with van der Waals surface area (Å²) >= 11 is 0. The van der Waals surface area contributed by atoms with Gasteiger partial charge in [0.2, 0.25) is 0 Å². The molecular formula is C16H22N4O2.